The van der Waals surface area contributed by atoms with Crippen molar-refractivity contribution in [2.45, 2.75) is 52.0 Å². The summed E-state index contributed by atoms with van der Waals surface area (Å²) >= 11 is 0. The Bertz CT molecular complexity index is 273. The SMILES string of the molecule is CCC1CCC(NC(=O)C2(CN)CC2)C1C. The van der Waals surface area contributed by atoms with Gasteiger partial charge in [0.1, 0.15) is 0 Å². The van der Waals surface area contributed by atoms with E-state index in [0.29, 0.717) is 18.5 Å². The van der Waals surface area contributed by atoms with E-state index in [9.17, 15) is 4.79 Å². The summed E-state index contributed by atoms with van der Waals surface area (Å²) in [4.78, 5) is 12.1. The average molecular weight is 224 g/mol. The molecule has 92 valence electrons. The number of amides is 1. The highest BCUT2D eigenvalue weighted by Gasteiger charge is 2.49. The number of hydrogen-bond donors (Lipinski definition) is 2. The summed E-state index contributed by atoms with van der Waals surface area (Å²) in [7, 11) is 0. The van der Waals surface area contributed by atoms with Crippen molar-refractivity contribution in [3.05, 3.63) is 0 Å². The maximum atomic E-state index is 12.1. The van der Waals surface area contributed by atoms with Crippen LogP contribution in [0.3, 0.4) is 0 Å². The summed E-state index contributed by atoms with van der Waals surface area (Å²) in [5.41, 5.74) is 5.48. The van der Waals surface area contributed by atoms with Crippen LogP contribution in [-0.4, -0.2) is 18.5 Å². The molecule has 0 heterocycles. The van der Waals surface area contributed by atoms with Gasteiger partial charge in [-0.3, -0.25) is 4.79 Å². The van der Waals surface area contributed by atoms with Crippen molar-refractivity contribution >= 4 is 5.91 Å². The number of carbonyl (C=O) groups is 1. The third kappa shape index (κ3) is 1.97. The van der Waals surface area contributed by atoms with Gasteiger partial charge in [0.2, 0.25) is 5.91 Å². The van der Waals surface area contributed by atoms with E-state index in [-0.39, 0.29) is 11.3 Å². The molecule has 0 saturated heterocycles. The minimum Gasteiger partial charge on any atom is -0.353 e. The molecule has 0 aromatic heterocycles. The fraction of sp³-hybridized carbons (Fsp3) is 0.923. The van der Waals surface area contributed by atoms with Gasteiger partial charge < -0.3 is 11.1 Å². The third-order valence-electron chi connectivity index (χ3n) is 4.79. The molecule has 0 bridgehead atoms. The molecule has 0 aromatic rings. The predicted molar refractivity (Wildman–Crippen MR) is 64.8 cm³/mol. The highest BCUT2D eigenvalue weighted by Crippen LogP contribution is 2.45. The van der Waals surface area contributed by atoms with Crippen molar-refractivity contribution in [1.29, 1.82) is 0 Å². The maximum absolute atomic E-state index is 12.1. The van der Waals surface area contributed by atoms with E-state index < -0.39 is 0 Å². The van der Waals surface area contributed by atoms with Crippen LogP contribution < -0.4 is 11.1 Å². The Hall–Kier alpha value is -0.570. The molecule has 0 aliphatic heterocycles. The molecule has 2 rings (SSSR count). The molecule has 3 nitrogen and oxygen atoms in total. The number of nitrogens with one attached hydrogen (secondary N) is 1. The lowest BCUT2D eigenvalue weighted by Crippen LogP contribution is -2.44. The summed E-state index contributed by atoms with van der Waals surface area (Å²) in [5, 5.41) is 3.23. The molecule has 0 aromatic carbocycles. The Labute approximate surface area is 98.2 Å². The minimum atomic E-state index is -0.190. The van der Waals surface area contributed by atoms with Gasteiger partial charge in [0, 0.05) is 12.6 Å². The summed E-state index contributed by atoms with van der Waals surface area (Å²) < 4.78 is 0. The summed E-state index contributed by atoms with van der Waals surface area (Å²) in [6, 6.07) is 0.390. The molecule has 1 amide bonds. The lowest BCUT2D eigenvalue weighted by atomic mass is 9.93. The second-order valence-corrected chi connectivity index (χ2v) is 5.67. The first-order valence-electron chi connectivity index (χ1n) is 6.64. The second kappa shape index (κ2) is 4.36. The van der Waals surface area contributed by atoms with Crippen molar-refractivity contribution in [2.75, 3.05) is 6.54 Å². The standard InChI is InChI=1S/C13H24N2O/c1-3-10-4-5-11(9(10)2)15-12(16)13(8-14)6-7-13/h9-11H,3-8,14H2,1-2H3,(H,15,16). The van der Waals surface area contributed by atoms with Crippen LogP contribution in [-0.2, 0) is 4.79 Å². The van der Waals surface area contributed by atoms with Crippen LogP contribution in [0.15, 0.2) is 0 Å². The van der Waals surface area contributed by atoms with Crippen molar-refractivity contribution in [2.24, 2.45) is 23.0 Å². The Balaban J connectivity index is 1.89. The quantitative estimate of drug-likeness (QED) is 0.763. The number of hydrogen-bond acceptors (Lipinski definition) is 2. The van der Waals surface area contributed by atoms with Gasteiger partial charge in [0.25, 0.3) is 0 Å². The van der Waals surface area contributed by atoms with Gasteiger partial charge in [0.15, 0.2) is 0 Å². The predicted octanol–water partition coefficient (Wildman–Crippen LogP) is 1.67. The molecule has 3 unspecified atom stereocenters. The fourth-order valence-corrected chi connectivity index (χ4v) is 3.02. The van der Waals surface area contributed by atoms with Crippen LogP contribution in [0.25, 0.3) is 0 Å². The lowest BCUT2D eigenvalue weighted by molar-refractivity contribution is -0.127. The van der Waals surface area contributed by atoms with Gasteiger partial charge in [-0.05, 0) is 37.5 Å². The van der Waals surface area contributed by atoms with Crippen LogP contribution >= 0.6 is 0 Å². The smallest absolute Gasteiger partial charge is 0.227 e. The molecule has 0 spiro atoms. The zero-order valence-corrected chi connectivity index (χ0v) is 10.5. The van der Waals surface area contributed by atoms with E-state index >= 15 is 0 Å². The van der Waals surface area contributed by atoms with Crippen LogP contribution in [0.4, 0.5) is 0 Å². The Morgan fingerprint density at radius 2 is 2.12 bits per heavy atom. The summed E-state index contributed by atoms with van der Waals surface area (Å²) in [6.07, 6.45) is 5.60. The molecule has 3 N–H and O–H groups in total. The van der Waals surface area contributed by atoms with Gasteiger partial charge in [-0.25, -0.2) is 0 Å². The van der Waals surface area contributed by atoms with E-state index in [1.807, 2.05) is 0 Å². The fourth-order valence-electron chi connectivity index (χ4n) is 3.02. The molecule has 0 radical (unpaired) electrons. The normalized spacial score (nSPS) is 36.1. The van der Waals surface area contributed by atoms with E-state index in [1.54, 1.807) is 0 Å². The molecule has 3 atom stereocenters. The van der Waals surface area contributed by atoms with Crippen molar-refractivity contribution in [3.63, 3.8) is 0 Å². The van der Waals surface area contributed by atoms with Crippen molar-refractivity contribution < 1.29 is 4.79 Å². The maximum Gasteiger partial charge on any atom is 0.227 e. The van der Waals surface area contributed by atoms with Crippen LogP contribution in [0.5, 0.6) is 0 Å². The van der Waals surface area contributed by atoms with Crippen molar-refractivity contribution in [1.82, 2.24) is 5.32 Å². The summed E-state index contributed by atoms with van der Waals surface area (Å²) in [6.45, 7) is 5.03. The monoisotopic (exact) mass is 224 g/mol. The zero-order chi connectivity index (χ0) is 11.8. The molecular weight excluding hydrogens is 200 g/mol. The van der Waals surface area contributed by atoms with E-state index in [2.05, 4.69) is 19.2 Å². The van der Waals surface area contributed by atoms with Crippen LogP contribution in [0.1, 0.15) is 46.0 Å². The average Bonchev–Trinajstić information content (AvgIpc) is 3.02. The molecule has 2 aliphatic carbocycles. The summed E-state index contributed by atoms with van der Waals surface area (Å²) in [5.74, 6) is 1.63. The molecule has 3 heteroatoms. The molecule has 2 fully saturated rings. The first kappa shape index (κ1) is 11.9. The van der Waals surface area contributed by atoms with E-state index in [0.717, 1.165) is 25.2 Å². The molecule has 16 heavy (non-hydrogen) atoms. The highest BCUT2D eigenvalue weighted by molar-refractivity contribution is 5.85. The first-order valence-corrected chi connectivity index (χ1v) is 6.64. The van der Waals surface area contributed by atoms with Gasteiger partial charge in [0.05, 0.1) is 5.41 Å². The zero-order valence-electron chi connectivity index (χ0n) is 10.5. The second-order valence-electron chi connectivity index (χ2n) is 5.67. The van der Waals surface area contributed by atoms with E-state index in [4.69, 9.17) is 5.73 Å². The van der Waals surface area contributed by atoms with Crippen molar-refractivity contribution in [3.8, 4) is 0 Å². The van der Waals surface area contributed by atoms with Gasteiger partial charge in [-0.15, -0.1) is 0 Å². The Kier molecular flexibility index (Phi) is 3.24. The molecule has 2 saturated carbocycles. The minimum absolute atomic E-state index is 0.190. The molecular formula is C13H24N2O. The van der Waals surface area contributed by atoms with E-state index in [1.165, 1.54) is 12.8 Å². The van der Waals surface area contributed by atoms with Gasteiger partial charge >= 0.3 is 0 Å². The Morgan fingerprint density at radius 1 is 1.44 bits per heavy atom. The lowest BCUT2D eigenvalue weighted by Gasteiger charge is -2.23. The first-order chi connectivity index (χ1) is 7.63. The largest absolute Gasteiger partial charge is 0.353 e. The highest BCUT2D eigenvalue weighted by atomic mass is 16.2. The van der Waals surface area contributed by atoms with Crippen LogP contribution in [0, 0.1) is 17.3 Å². The number of nitrogens with two attached hydrogens (primary N) is 1. The number of rotatable bonds is 4. The Morgan fingerprint density at radius 3 is 2.56 bits per heavy atom. The number of carbonyl (C=O) groups excluding carboxylic acids is 1. The van der Waals surface area contributed by atoms with Gasteiger partial charge in [-0.2, -0.15) is 0 Å². The van der Waals surface area contributed by atoms with Gasteiger partial charge in [-0.1, -0.05) is 20.3 Å². The van der Waals surface area contributed by atoms with Crippen LogP contribution in [0.2, 0.25) is 0 Å². The third-order valence-corrected chi connectivity index (χ3v) is 4.79. The topological polar surface area (TPSA) is 55.1 Å². The molecule has 2 aliphatic rings.